The number of fused-ring (bicyclic) bond motifs is 1. The molecule has 2 aromatic heterocycles. The van der Waals surface area contributed by atoms with E-state index in [1.807, 2.05) is 41.1 Å². The first-order valence-electron chi connectivity index (χ1n) is 10.4. The first kappa shape index (κ1) is 21.2. The second-order valence-corrected chi connectivity index (χ2v) is 8.30. The molecule has 2 aromatic carbocycles. The Balaban J connectivity index is 1.72. The first-order chi connectivity index (χ1) is 16.0. The largest absolute Gasteiger partial charge is 0.467 e. The van der Waals surface area contributed by atoms with Crippen molar-refractivity contribution in [3.8, 4) is 0 Å². The summed E-state index contributed by atoms with van der Waals surface area (Å²) >= 11 is 6.56. The van der Waals surface area contributed by atoms with E-state index in [-0.39, 0.29) is 16.7 Å². The van der Waals surface area contributed by atoms with Gasteiger partial charge in [0.15, 0.2) is 5.52 Å². The third-order valence-electron chi connectivity index (χ3n) is 5.83. The fourth-order valence-corrected chi connectivity index (χ4v) is 4.34. The van der Waals surface area contributed by atoms with Gasteiger partial charge in [-0.25, -0.2) is 4.63 Å². The molecule has 3 heterocycles. The van der Waals surface area contributed by atoms with E-state index < -0.39 is 4.92 Å². The van der Waals surface area contributed by atoms with Gasteiger partial charge in [-0.1, -0.05) is 23.7 Å². The van der Waals surface area contributed by atoms with Crippen LogP contribution in [0.25, 0.3) is 11.0 Å². The number of nitro benzene ring substituents is 1. The Bertz CT molecular complexity index is 1280. The molecule has 0 bridgehead atoms. The molecular weight excluding hydrogens is 448 g/mol. The average molecular weight is 469 g/mol. The van der Waals surface area contributed by atoms with E-state index in [1.165, 1.54) is 0 Å². The fraction of sp³-hybridized carbons (Fsp3) is 0.273. The number of anilines is 3. The summed E-state index contributed by atoms with van der Waals surface area (Å²) in [4.78, 5) is 17.8. The minimum absolute atomic E-state index is 0.0999. The Labute approximate surface area is 194 Å². The number of halogens is 1. The molecule has 4 aromatic rings. The van der Waals surface area contributed by atoms with Crippen molar-refractivity contribution < 1.29 is 14.0 Å². The third-order valence-corrected chi connectivity index (χ3v) is 6.15. The normalized spacial score (nSPS) is 14.7. The average Bonchev–Trinajstić information content (AvgIpc) is 3.50. The van der Waals surface area contributed by atoms with Crippen molar-refractivity contribution in [3.63, 3.8) is 0 Å². The lowest BCUT2D eigenvalue weighted by Gasteiger charge is -2.34. The van der Waals surface area contributed by atoms with Crippen LogP contribution in [0.15, 0.2) is 57.8 Å². The van der Waals surface area contributed by atoms with Gasteiger partial charge in [-0.15, -0.1) is 0 Å². The zero-order valence-electron chi connectivity index (χ0n) is 17.8. The van der Waals surface area contributed by atoms with Gasteiger partial charge in [0, 0.05) is 26.2 Å². The number of nitro groups is 1. The SMILES string of the molecule is CN1CCN(c2cc(N(Cc3ccco3)c3ccccc3Cl)c3nonc3c2[N+](=O)[O-])CC1. The molecule has 1 aliphatic heterocycles. The second-order valence-electron chi connectivity index (χ2n) is 7.89. The zero-order valence-corrected chi connectivity index (χ0v) is 18.6. The molecule has 1 saturated heterocycles. The number of benzene rings is 2. The van der Waals surface area contributed by atoms with Gasteiger partial charge in [0.1, 0.15) is 11.4 Å². The molecular formula is C22H21ClN6O4. The van der Waals surface area contributed by atoms with Crippen LogP contribution in [-0.2, 0) is 6.54 Å². The van der Waals surface area contributed by atoms with Gasteiger partial charge in [0.05, 0.1) is 34.1 Å². The summed E-state index contributed by atoms with van der Waals surface area (Å²) in [5.41, 5.74) is 2.04. The minimum Gasteiger partial charge on any atom is -0.467 e. The monoisotopic (exact) mass is 468 g/mol. The molecule has 0 amide bonds. The van der Waals surface area contributed by atoms with Crippen molar-refractivity contribution in [2.24, 2.45) is 0 Å². The molecule has 0 N–H and O–H groups in total. The highest BCUT2D eigenvalue weighted by Gasteiger charge is 2.32. The molecule has 0 saturated carbocycles. The molecule has 5 rings (SSSR count). The van der Waals surface area contributed by atoms with E-state index >= 15 is 0 Å². The molecule has 33 heavy (non-hydrogen) atoms. The number of aromatic nitrogens is 2. The summed E-state index contributed by atoms with van der Waals surface area (Å²) in [6.07, 6.45) is 1.60. The molecule has 11 heteroatoms. The Morgan fingerprint density at radius 2 is 1.85 bits per heavy atom. The van der Waals surface area contributed by atoms with Gasteiger partial charge in [-0.05, 0) is 47.7 Å². The van der Waals surface area contributed by atoms with E-state index in [4.69, 9.17) is 20.6 Å². The second kappa shape index (κ2) is 8.72. The van der Waals surface area contributed by atoms with Crippen molar-refractivity contribution in [1.29, 1.82) is 0 Å². The molecule has 0 radical (unpaired) electrons. The highest BCUT2D eigenvalue weighted by Crippen LogP contribution is 2.44. The number of hydrogen-bond donors (Lipinski definition) is 0. The van der Waals surface area contributed by atoms with E-state index in [1.54, 1.807) is 24.5 Å². The van der Waals surface area contributed by atoms with E-state index in [0.29, 0.717) is 47.5 Å². The Morgan fingerprint density at radius 3 is 2.55 bits per heavy atom. The van der Waals surface area contributed by atoms with Crippen molar-refractivity contribution >= 4 is 45.4 Å². The van der Waals surface area contributed by atoms with Gasteiger partial charge in [0.25, 0.3) is 0 Å². The number of furan rings is 1. The first-order valence-corrected chi connectivity index (χ1v) is 10.8. The van der Waals surface area contributed by atoms with Gasteiger partial charge in [-0.3, -0.25) is 10.1 Å². The molecule has 0 unspecified atom stereocenters. The summed E-state index contributed by atoms with van der Waals surface area (Å²) in [6, 6.07) is 12.8. The van der Waals surface area contributed by atoms with Crippen LogP contribution in [0.5, 0.6) is 0 Å². The maximum Gasteiger partial charge on any atom is 0.323 e. The van der Waals surface area contributed by atoms with Crippen LogP contribution in [-0.4, -0.2) is 53.4 Å². The molecule has 10 nitrogen and oxygen atoms in total. The number of nitrogens with zero attached hydrogens (tertiary/aromatic N) is 6. The zero-order chi connectivity index (χ0) is 22.9. The van der Waals surface area contributed by atoms with Crippen LogP contribution >= 0.6 is 11.6 Å². The van der Waals surface area contributed by atoms with Gasteiger partial charge < -0.3 is 19.1 Å². The van der Waals surface area contributed by atoms with Crippen LogP contribution in [0, 0.1) is 10.1 Å². The predicted octanol–water partition coefficient (Wildman–Crippen LogP) is 4.47. The number of rotatable bonds is 6. The Morgan fingerprint density at radius 1 is 1.09 bits per heavy atom. The summed E-state index contributed by atoms with van der Waals surface area (Å²) in [6.45, 7) is 3.22. The van der Waals surface area contributed by atoms with E-state index in [9.17, 15) is 10.1 Å². The smallest absolute Gasteiger partial charge is 0.323 e. The maximum atomic E-state index is 12.1. The van der Waals surface area contributed by atoms with Crippen molar-refractivity contribution in [2.75, 3.05) is 43.0 Å². The van der Waals surface area contributed by atoms with Gasteiger partial charge in [0.2, 0.25) is 5.52 Å². The molecule has 1 fully saturated rings. The fourth-order valence-electron chi connectivity index (χ4n) is 4.10. The molecule has 0 atom stereocenters. The Kier molecular flexibility index (Phi) is 5.61. The summed E-state index contributed by atoms with van der Waals surface area (Å²) in [5.74, 6) is 0.694. The van der Waals surface area contributed by atoms with Crippen LogP contribution < -0.4 is 9.80 Å². The highest BCUT2D eigenvalue weighted by atomic mass is 35.5. The number of piperazine rings is 1. The minimum atomic E-state index is -0.420. The quantitative estimate of drug-likeness (QED) is 0.299. The lowest BCUT2D eigenvalue weighted by Crippen LogP contribution is -2.44. The molecule has 0 spiro atoms. The van der Waals surface area contributed by atoms with Crippen LogP contribution in [0.2, 0.25) is 5.02 Å². The number of likely N-dealkylation sites (N-methyl/N-ethyl adjacent to an activating group) is 1. The third kappa shape index (κ3) is 3.98. The molecule has 170 valence electrons. The van der Waals surface area contributed by atoms with Gasteiger partial charge in [-0.2, -0.15) is 0 Å². The maximum absolute atomic E-state index is 12.1. The lowest BCUT2D eigenvalue weighted by molar-refractivity contribution is -0.382. The van der Waals surface area contributed by atoms with E-state index in [2.05, 4.69) is 15.2 Å². The van der Waals surface area contributed by atoms with Crippen molar-refractivity contribution in [2.45, 2.75) is 6.54 Å². The molecule has 1 aliphatic rings. The number of hydrogen-bond acceptors (Lipinski definition) is 9. The predicted molar refractivity (Wildman–Crippen MR) is 124 cm³/mol. The van der Waals surface area contributed by atoms with Crippen molar-refractivity contribution in [1.82, 2.24) is 15.2 Å². The van der Waals surface area contributed by atoms with Crippen molar-refractivity contribution in [3.05, 3.63) is 69.6 Å². The summed E-state index contributed by atoms with van der Waals surface area (Å²) < 4.78 is 10.6. The van der Waals surface area contributed by atoms with Crippen LogP contribution in [0.3, 0.4) is 0 Å². The van der Waals surface area contributed by atoms with Crippen LogP contribution in [0.4, 0.5) is 22.7 Å². The van der Waals surface area contributed by atoms with E-state index in [0.717, 1.165) is 13.1 Å². The topological polar surface area (TPSA) is 105 Å². The summed E-state index contributed by atoms with van der Waals surface area (Å²) in [5, 5.41) is 20.6. The highest BCUT2D eigenvalue weighted by molar-refractivity contribution is 6.33. The molecule has 0 aliphatic carbocycles. The standard InChI is InChI=1S/C22H21ClN6O4/c1-26-8-10-27(11-9-26)19-13-18(20-21(25-33-24-20)22(19)29(30)31)28(14-15-5-4-12-32-15)17-7-3-2-6-16(17)23/h2-7,12-13H,8-11,14H2,1H3. The number of para-hydroxylation sites is 1. The Hall–Kier alpha value is -3.63. The lowest BCUT2D eigenvalue weighted by atomic mass is 10.1. The van der Waals surface area contributed by atoms with Gasteiger partial charge >= 0.3 is 5.69 Å². The summed E-state index contributed by atoms with van der Waals surface area (Å²) in [7, 11) is 2.03. The van der Waals surface area contributed by atoms with Crippen LogP contribution in [0.1, 0.15) is 5.76 Å².